The van der Waals surface area contributed by atoms with E-state index in [2.05, 4.69) is 9.71 Å². The van der Waals surface area contributed by atoms with Crippen molar-refractivity contribution >= 4 is 15.7 Å². The summed E-state index contributed by atoms with van der Waals surface area (Å²) in [6.07, 6.45) is 4.65. The molecule has 0 saturated carbocycles. The standard InChI is InChI=1S/C18H23FN4O2S/c1-26(24,25)21-14-18(15-5-4-8-20-13-15)23-11-9-22(10-12-23)17-7-3-2-6-16(17)19/h2-8,13,18,21H,9-12,14H2,1H3/p+1. The Bertz CT molecular complexity index is 824. The highest BCUT2D eigenvalue weighted by atomic mass is 32.2. The normalized spacial score (nSPS) is 17.2. The molecule has 1 aliphatic heterocycles. The molecule has 1 aromatic carbocycles. The molecule has 2 heterocycles. The average molecular weight is 379 g/mol. The minimum absolute atomic E-state index is 0.0267. The van der Waals surface area contributed by atoms with Crippen molar-refractivity contribution in [3.05, 3.63) is 60.2 Å². The van der Waals surface area contributed by atoms with Crippen molar-refractivity contribution in [1.82, 2.24) is 9.71 Å². The number of hydrogen-bond donors (Lipinski definition) is 2. The number of nitrogens with one attached hydrogen (secondary N) is 2. The Kier molecular flexibility index (Phi) is 5.85. The molecule has 3 rings (SSSR count). The van der Waals surface area contributed by atoms with Crippen molar-refractivity contribution in [2.24, 2.45) is 0 Å². The highest BCUT2D eigenvalue weighted by molar-refractivity contribution is 7.88. The Hall–Kier alpha value is -2.03. The van der Waals surface area contributed by atoms with Gasteiger partial charge in [0.05, 0.1) is 44.7 Å². The highest BCUT2D eigenvalue weighted by Crippen LogP contribution is 2.18. The van der Waals surface area contributed by atoms with Crippen molar-refractivity contribution < 1.29 is 17.7 Å². The van der Waals surface area contributed by atoms with E-state index in [1.807, 2.05) is 23.1 Å². The van der Waals surface area contributed by atoms with E-state index in [9.17, 15) is 12.8 Å². The van der Waals surface area contributed by atoms with Gasteiger partial charge in [0.25, 0.3) is 0 Å². The molecule has 1 unspecified atom stereocenters. The van der Waals surface area contributed by atoms with E-state index in [1.165, 1.54) is 17.2 Å². The van der Waals surface area contributed by atoms with Crippen LogP contribution in [-0.4, -0.2) is 52.4 Å². The minimum atomic E-state index is -3.27. The lowest BCUT2D eigenvalue weighted by Crippen LogP contribution is -3.15. The van der Waals surface area contributed by atoms with Crippen LogP contribution in [0.25, 0.3) is 0 Å². The van der Waals surface area contributed by atoms with Gasteiger partial charge in [-0.1, -0.05) is 12.1 Å². The number of sulfonamides is 1. The fourth-order valence-electron chi connectivity index (χ4n) is 3.41. The zero-order valence-corrected chi connectivity index (χ0v) is 15.5. The summed E-state index contributed by atoms with van der Waals surface area (Å²) in [7, 11) is -3.27. The summed E-state index contributed by atoms with van der Waals surface area (Å²) in [6, 6.07) is 10.6. The molecule has 140 valence electrons. The molecule has 1 fully saturated rings. The first-order chi connectivity index (χ1) is 12.4. The molecule has 2 aromatic rings. The van der Waals surface area contributed by atoms with Crippen LogP contribution in [0.3, 0.4) is 0 Å². The monoisotopic (exact) mass is 379 g/mol. The first-order valence-electron chi connectivity index (χ1n) is 8.62. The molecular weight excluding hydrogens is 355 g/mol. The van der Waals surface area contributed by atoms with Gasteiger partial charge in [-0.25, -0.2) is 17.5 Å². The number of para-hydroxylation sites is 1. The van der Waals surface area contributed by atoms with Crippen LogP contribution < -0.4 is 14.5 Å². The Balaban J connectivity index is 1.71. The van der Waals surface area contributed by atoms with Crippen LogP contribution in [0, 0.1) is 5.82 Å². The number of aromatic nitrogens is 1. The number of anilines is 1. The van der Waals surface area contributed by atoms with Gasteiger partial charge in [-0.2, -0.15) is 0 Å². The van der Waals surface area contributed by atoms with E-state index in [0.717, 1.165) is 18.7 Å². The number of rotatable bonds is 6. The lowest BCUT2D eigenvalue weighted by Gasteiger charge is -2.37. The first kappa shape index (κ1) is 18.8. The van der Waals surface area contributed by atoms with Crippen LogP contribution in [0.2, 0.25) is 0 Å². The molecule has 0 spiro atoms. The quantitative estimate of drug-likeness (QED) is 0.753. The molecule has 1 aromatic heterocycles. The van der Waals surface area contributed by atoms with Gasteiger partial charge >= 0.3 is 0 Å². The molecule has 0 aliphatic carbocycles. The second-order valence-electron chi connectivity index (χ2n) is 6.56. The van der Waals surface area contributed by atoms with E-state index in [4.69, 9.17) is 0 Å². The summed E-state index contributed by atoms with van der Waals surface area (Å²) >= 11 is 0. The molecule has 2 N–H and O–H groups in total. The van der Waals surface area contributed by atoms with Crippen LogP contribution in [0.4, 0.5) is 10.1 Å². The number of nitrogens with zero attached hydrogens (tertiary/aromatic N) is 2. The molecule has 1 saturated heterocycles. The maximum Gasteiger partial charge on any atom is 0.208 e. The molecule has 6 nitrogen and oxygen atoms in total. The van der Waals surface area contributed by atoms with Gasteiger partial charge in [0.15, 0.2) is 0 Å². The van der Waals surface area contributed by atoms with Crippen LogP contribution >= 0.6 is 0 Å². The molecule has 0 radical (unpaired) electrons. The summed E-state index contributed by atoms with van der Waals surface area (Å²) in [5, 5.41) is 0. The van der Waals surface area contributed by atoms with Crippen molar-refractivity contribution in [3.63, 3.8) is 0 Å². The summed E-state index contributed by atoms with van der Waals surface area (Å²) in [4.78, 5) is 7.48. The van der Waals surface area contributed by atoms with Gasteiger partial charge in [-0.05, 0) is 24.3 Å². The topological polar surface area (TPSA) is 66.7 Å². The van der Waals surface area contributed by atoms with Gasteiger partial charge in [0, 0.05) is 18.0 Å². The van der Waals surface area contributed by atoms with Gasteiger partial charge in [0.1, 0.15) is 11.9 Å². The van der Waals surface area contributed by atoms with Gasteiger partial charge < -0.3 is 9.80 Å². The summed E-state index contributed by atoms with van der Waals surface area (Å²) in [6.45, 7) is 3.33. The molecule has 1 aliphatic rings. The third-order valence-corrected chi connectivity index (χ3v) is 5.42. The zero-order chi connectivity index (χ0) is 18.6. The second-order valence-corrected chi connectivity index (χ2v) is 8.39. The van der Waals surface area contributed by atoms with Gasteiger partial charge in [-0.3, -0.25) is 4.98 Å². The van der Waals surface area contributed by atoms with E-state index in [-0.39, 0.29) is 11.9 Å². The third kappa shape index (κ3) is 4.78. The van der Waals surface area contributed by atoms with Gasteiger partial charge in [-0.15, -0.1) is 0 Å². The highest BCUT2D eigenvalue weighted by Gasteiger charge is 2.30. The predicted octanol–water partition coefficient (Wildman–Crippen LogP) is 0.216. The van der Waals surface area contributed by atoms with E-state index in [1.54, 1.807) is 24.5 Å². The van der Waals surface area contributed by atoms with Crippen LogP contribution in [0.1, 0.15) is 11.6 Å². The van der Waals surface area contributed by atoms with Crippen molar-refractivity contribution in [2.75, 3.05) is 43.9 Å². The average Bonchev–Trinajstić information content (AvgIpc) is 2.63. The van der Waals surface area contributed by atoms with Crippen LogP contribution in [-0.2, 0) is 10.0 Å². The number of quaternary nitrogens is 1. The van der Waals surface area contributed by atoms with E-state index < -0.39 is 10.0 Å². The Morgan fingerprint density at radius 1 is 1.23 bits per heavy atom. The summed E-state index contributed by atoms with van der Waals surface area (Å²) in [5.74, 6) is -0.210. The van der Waals surface area contributed by atoms with E-state index >= 15 is 0 Å². The predicted molar refractivity (Wildman–Crippen MR) is 99.1 cm³/mol. The molecule has 26 heavy (non-hydrogen) atoms. The Morgan fingerprint density at radius 2 is 1.96 bits per heavy atom. The minimum Gasteiger partial charge on any atom is -0.358 e. The lowest BCUT2D eigenvalue weighted by molar-refractivity contribution is -0.930. The SMILES string of the molecule is CS(=O)(=O)NCC(c1cccnc1)[NH+]1CCN(c2ccccc2F)CC1. The molecule has 1 atom stereocenters. The fraction of sp³-hybridized carbons (Fsp3) is 0.389. The molecule has 8 heteroatoms. The number of piperazine rings is 1. The largest absolute Gasteiger partial charge is 0.358 e. The zero-order valence-electron chi connectivity index (χ0n) is 14.7. The van der Waals surface area contributed by atoms with Crippen molar-refractivity contribution in [2.45, 2.75) is 6.04 Å². The Labute approximate surface area is 153 Å². The van der Waals surface area contributed by atoms with Crippen LogP contribution in [0.5, 0.6) is 0 Å². The number of halogens is 1. The summed E-state index contributed by atoms with van der Waals surface area (Å²) in [5.41, 5.74) is 1.62. The molecule has 0 amide bonds. The van der Waals surface area contributed by atoms with Crippen LogP contribution in [0.15, 0.2) is 48.8 Å². The molecular formula is C18H24FN4O2S+. The maximum atomic E-state index is 14.0. The number of pyridine rings is 1. The van der Waals surface area contributed by atoms with Crippen molar-refractivity contribution in [1.29, 1.82) is 0 Å². The number of benzene rings is 1. The first-order valence-corrected chi connectivity index (χ1v) is 10.5. The number of hydrogen-bond acceptors (Lipinski definition) is 4. The second kappa shape index (κ2) is 8.11. The summed E-state index contributed by atoms with van der Waals surface area (Å²) < 4.78 is 39.7. The van der Waals surface area contributed by atoms with Crippen molar-refractivity contribution in [3.8, 4) is 0 Å². The third-order valence-electron chi connectivity index (χ3n) is 4.73. The lowest BCUT2D eigenvalue weighted by atomic mass is 10.1. The van der Waals surface area contributed by atoms with Gasteiger partial charge in [0.2, 0.25) is 10.0 Å². The smallest absolute Gasteiger partial charge is 0.208 e. The maximum absolute atomic E-state index is 14.0. The Morgan fingerprint density at radius 3 is 2.58 bits per heavy atom. The van der Waals surface area contributed by atoms with E-state index in [0.29, 0.717) is 25.3 Å². The fourth-order valence-corrected chi connectivity index (χ4v) is 3.88. The molecule has 0 bridgehead atoms.